The molecule has 2 atom stereocenters. The molecule has 0 aromatic heterocycles. The van der Waals surface area contributed by atoms with Gasteiger partial charge in [-0.25, -0.2) is 4.39 Å². The Morgan fingerprint density at radius 3 is 2.62 bits per heavy atom. The third-order valence-corrected chi connectivity index (χ3v) is 4.33. The summed E-state index contributed by atoms with van der Waals surface area (Å²) in [6, 6.07) is 10.3. The van der Waals surface area contributed by atoms with Crippen LogP contribution in [0.1, 0.15) is 12.0 Å². The van der Waals surface area contributed by atoms with Crippen molar-refractivity contribution in [2.75, 3.05) is 33.8 Å². The van der Waals surface area contributed by atoms with Gasteiger partial charge in [-0.2, -0.15) is 10.5 Å². The number of benzene rings is 1. The van der Waals surface area contributed by atoms with E-state index in [4.69, 9.17) is 15.3 Å². The van der Waals surface area contributed by atoms with Gasteiger partial charge in [0, 0.05) is 26.7 Å². The molecule has 0 bridgehead atoms. The molecule has 0 spiro atoms. The van der Waals surface area contributed by atoms with E-state index in [0.717, 1.165) is 25.1 Å². The molecule has 1 fully saturated rings. The quantitative estimate of drug-likeness (QED) is 0.690. The van der Waals surface area contributed by atoms with Gasteiger partial charge in [0.25, 0.3) is 0 Å². The van der Waals surface area contributed by atoms with Crippen molar-refractivity contribution in [3.8, 4) is 12.1 Å². The van der Waals surface area contributed by atoms with Crippen molar-refractivity contribution in [3.05, 3.63) is 47.0 Å². The largest absolute Gasteiger partial charge is 0.376 e. The first-order valence-corrected chi connectivity index (χ1v) is 8.56. The highest BCUT2D eigenvalue weighted by Crippen LogP contribution is 2.21. The van der Waals surface area contributed by atoms with Gasteiger partial charge in [0.15, 0.2) is 5.57 Å². The number of hydrogen-bond donors (Lipinski definition) is 2. The van der Waals surface area contributed by atoms with Crippen LogP contribution in [0.5, 0.6) is 0 Å². The Morgan fingerprint density at radius 2 is 2.00 bits per heavy atom. The van der Waals surface area contributed by atoms with Crippen LogP contribution in [0.3, 0.4) is 0 Å². The molecule has 2 unspecified atom stereocenters. The first-order chi connectivity index (χ1) is 12.5. The summed E-state index contributed by atoms with van der Waals surface area (Å²) in [5, 5.41) is 23.8. The number of nitrogens with zero attached hydrogens (tertiary/aromatic N) is 3. The van der Waals surface area contributed by atoms with Gasteiger partial charge in [0.1, 0.15) is 23.8 Å². The van der Waals surface area contributed by atoms with Gasteiger partial charge in [0.2, 0.25) is 0 Å². The minimum absolute atomic E-state index is 0.0288. The molecule has 0 saturated carbocycles. The summed E-state index contributed by atoms with van der Waals surface area (Å²) in [4.78, 5) is 2.21. The van der Waals surface area contributed by atoms with E-state index < -0.39 is 0 Å². The zero-order valence-corrected chi connectivity index (χ0v) is 15.1. The third kappa shape index (κ3) is 5.73. The van der Waals surface area contributed by atoms with Crippen molar-refractivity contribution >= 4 is 0 Å². The standard InChI is InChI=1S/C19H24FN5O/c1-23-19(16(8-21)9-22)24-10-18-7-15(13-26-18)12-25(2)11-14-3-5-17(20)6-4-14/h3-6,15,18,23-24H,7,10-13H2,1-2H3. The molecule has 26 heavy (non-hydrogen) atoms. The lowest BCUT2D eigenvalue weighted by atomic mass is 10.0. The van der Waals surface area contributed by atoms with Gasteiger partial charge >= 0.3 is 0 Å². The summed E-state index contributed by atoms with van der Waals surface area (Å²) in [5.41, 5.74) is 1.11. The number of halogens is 1. The van der Waals surface area contributed by atoms with Gasteiger partial charge in [-0.15, -0.1) is 0 Å². The van der Waals surface area contributed by atoms with Gasteiger partial charge in [0.05, 0.1) is 12.7 Å². The number of rotatable bonds is 8. The van der Waals surface area contributed by atoms with Crippen LogP contribution in [0.4, 0.5) is 4.39 Å². The van der Waals surface area contributed by atoms with E-state index in [2.05, 4.69) is 15.5 Å². The van der Waals surface area contributed by atoms with Crippen LogP contribution in [-0.2, 0) is 11.3 Å². The lowest BCUT2D eigenvalue weighted by molar-refractivity contribution is 0.104. The monoisotopic (exact) mass is 357 g/mol. The van der Waals surface area contributed by atoms with Crippen LogP contribution in [-0.4, -0.2) is 44.8 Å². The molecule has 2 N–H and O–H groups in total. The Labute approximate surface area is 153 Å². The fraction of sp³-hybridized carbons (Fsp3) is 0.474. The summed E-state index contributed by atoms with van der Waals surface area (Å²) in [5.74, 6) is 0.623. The molecule has 0 aliphatic carbocycles. The van der Waals surface area contributed by atoms with Gasteiger partial charge in [-0.3, -0.25) is 0 Å². The maximum absolute atomic E-state index is 13.0. The highest BCUT2D eigenvalue weighted by molar-refractivity contribution is 5.38. The van der Waals surface area contributed by atoms with E-state index in [1.807, 2.05) is 19.2 Å². The molecule has 6 nitrogen and oxygen atoms in total. The first kappa shape index (κ1) is 19.7. The highest BCUT2D eigenvalue weighted by Gasteiger charge is 2.26. The smallest absolute Gasteiger partial charge is 0.169 e. The van der Waals surface area contributed by atoms with Crippen molar-refractivity contribution in [1.82, 2.24) is 15.5 Å². The minimum Gasteiger partial charge on any atom is -0.376 e. The number of ether oxygens (including phenoxy) is 1. The molecule has 1 aromatic carbocycles. The average molecular weight is 357 g/mol. The minimum atomic E-state index is -0.220. The lowest BCUT2D eigenvalue weighted by Gasteiger charge is -2.20. The molecule has 1 heterocycles. The normalized spacial score (nSPS) is 18.8. The molecular formula is C19H24FN5O. The summed E-state index contributed by atoms with van der Waals surface area (Å²) in [7, 11) is 3.71. The van der Waals surface area contributed by atoms with Crippen LogP contribution in [0.15, 0.2) is 35.7 Å². The van der Waals surface area contributed by atoms with E-state index in [9.17, 15) is 4.39 Å². The van der Waals surface area contributed by atoms with E-state index in [1.54, 1.807) is 19.2 Å². The summed E-state index contributed by atoms with van der Waals surface area (Å²) < 4.78 is 18.8. The maximum Gasteiger partial charge on any atom is 0.169 e. The van der Waals surface area contributed by atoms with E-state index in [0.29, 0.717) is 24.9 Å². The van der Waals surface area contributed by atoms with Crippen molar-refractivity contribution in [2.24, 2.45) is 5.92 Å². The molecular weight excluding hydrogens is 333 g/mol. The Hall–Kier alpha value is -2.61. The number of nitriles is 2. The Morgan fingerprint density at radius 1 is 1.31 bits per heavy atom. The predicted octanol–water partition coefficient (Wildman–Crippen LogP) is 1.73. The average Bonchev–Trinajstić information content (AvgIpc) is 3.07. The number of allylic oxidation sites excluding steroid dienone is 1. The highest BCUT2D eigenvalue weighted by atomic mass is 19.1. The zero-order chi connectivity index (χ0) is 18.9. The second kappa shape index (κ2) is 9.76. The Kier molecular flexibility index (Phi) is 7.40. The Bertz CT molecular complexity index is 688. The van der Waals surface area contributed by atoms with E-state index >= 15 is 0 Å². The predicted molar refractivity (Wildman–Crippen MR) is 95.9 cm³/mol. The van der Waals surface area contributed by atoms with Gasteiger partial charge in [-0.1, -0.05) is 12.1 Å². The summed E-state index contributed by atoms with van der Waals surface area (Å²) in [6.07, 6.45) is 0.952. The van der Waals surface area contributed by atoms with Crippen LogP contribution in [0.25, 0.3) is 0 Å². The number of nitrogens with one attached hydrogen (secondary N) is 2. The topological polar surface area (TPSA) is 84.1 Å². The fourth-order valence-electron chi connectivity index (χ4n) is 3.11. The molecule has 1 aromatic rings. The maximum atomic E-state index is 13.0. The van der Waals surface area contributed by atoms with E-state index in [1.165, 1.54) is 12.1 Å². The molecule has 7 heteroatoms. The molecule has 1 aliphatic rings. The SMILES string of the molecule is CNC(NCC1CC(CN(C)Cc2ccc(F)cc2)CO1)=C(C#N)C#N. The van der Waals surface area contributed by atoms with Crippen molar-refractivity contribution in [1.29, 1.82) is 10.5 Å². The third-order valence-electron chi connectivity index (χ3n) is 4.33. The molecule has 0 amide bonds. The van der Waals surface area contributed by atoms with Crippen LogP contribution in [0.2, 0.25) is 0 Å². The van der Waals surface area contributed by atoms with Crippen molar-refractivity contribution in [2.45, 2.75) is 19.1 Å². The van der Waals surface area contributed by atoms with Crippen LogP contribution >= 0.6 is 0 Å². The van der Waals surface area contributed by atoms with Gasteiger partial charge in [-0.05, 0) is 37.1 Å². The molecule has 0 radical (unpaired) electrons. The molecule has 2 rings (SSSR count). The molecule has 1 aliphatic heterocycles. The van der Waals surface area contributed by atoms with E-state index in [-0.39, 0.29) is 17.5 Å². The van der Waals surface area contributed by atoms with Crippen LogP contribution in [0, 0.1) is 34.4 Å². The van der Waals surface area contributed by atoms with Crippen molar-refractivity contribution in [3.63, 3.8) is 0 Å². The van der Waals surface area contributed by atoms with Gasteiger partial charge < -0.3 is 20.3 Å². The summed E-state index contributed by atoms with van der Waals surface area (Å²) >= 11 is 0. The lowest BCUT2D eigenvalue weighted by Crippen LogP contribution is -2.32. The zero-order valence-electron chi connectivity index (χ0n) is 15.1. The Balaban J connectivity index is 1.77. The van der Waals surface area contributed by atoms with Crippen LogP contribution < -0.4 is 10.6 Å². The molecule has 138 valence electrons. The second-order valence-electron chi connectivity index (χ2n) is 6.48. The summed E-state index contributed by atoms with van der Waals surface area (Å²) in [6.45, 7) is 2.88. The first-order valence-electron chi connectivity index (χ1n) is 8.56. The second-order valence-corrected chi connectivity index (χ2v) is 6.48. The number of hydrogen-bond acceptors (Lipinski definition) is 6. The fourth-order valence-corrected chi connectivity index (χ4v) is 3.11. The van der Waals surface area contributed by atoms with Crippen molar-refractivity contribution < 1.29 is 9.13 Å². The molecule has 1 saturated heterocycles.